The van der Waals surface area contributed by atoms with Crippen molar-refractivity contribution in [1.82, 2.24) is 4.90 Å². The van der Waals surface area contributed by atoms with Crippen LogP contribution in [0.4, 0.5) is 4.79 Å². The summed E-state index contributed by atoms with van der Waals surface area (Å²) >= 11 is 0. The summed E-state index contributed by atoms with van der Waals surface area (Å²) in [6, 6.07) is 9.82. The van der Waals surface area contributed by atoms with Crippen LogP contribution in [0, 0.1) is 0 Å². The lowest BCUT2D eigenvalue weighted by molar-refractivity contribution is -0.0162. The predicted octanol–water partition coefficient (Wildman–Crippen LogP) is 1.73. The number of benzene rings is 1. The van der Waals surface area contributed by atoms with Crippen molar-refractivity contribution in [3.63, 3.8) is 0 Å². The molecule has 92 valence electrons. The van der Waals surface area contributed by atoms with E-state index in [9.17, 15) is 9.90 Å². The maximum Gasteiger partial charge on any atom is 0.407 e. The summed E-state index contributed by atoms with van der Waals surface area (Å²) in [6.45, 7) is 0.831. The minimum absolute atomic E-state index is 0.415. The molecule has 0 aromatic heterocycles. The SMILES string of the molecule is O=C(O)N1CCC(O)(Cc2ccccc2)CC1. The van der Waals surface area contributed by atoms with E-state index in [0.29, 0.717) is 32.4 Å². The van der Waals surface area contributed by atoms with Crippen LogP contribution in [0.5, 0.6) is 0 Å². The summed E-state index contributed by atoms with van der Waals surface area (Å²) in [7, 11) is 0. The van der Waals surface area contributed by atoms with Crippen LogP contribution in [0.15, 0.2) is 30.3 Å². The number of carbonyl (C=O) groups is 1. The highest BCUT2D eigenvalue weighted by Gasteiger charge is 2.33. The van der Waals surface area contributed by atoms with Crippen LogP contribution < -0.4 is 0 Å². The highest BCUT2D eigenvalue weighted by molar-refractivity contribution is 5.65. The van der Waals surface area contributed by atoms with Crippen LogP contribution >= 0.6 is 0 Å². The third kappa shape index (κ3) is 2.97. The van der Waals surface area contributed by atoms with Crippen molar-refractivity contribution in [3.8, 4) is 0 Å². The third-order valence-electron chi connectivity index (χ3n) is 3.34. The molecule has 17 heavy (non-hydrogen) atoms. The first-order chi connectivity index (χ1) is 8.09. The van der Waals surface area contributed by atoms with Gasteiger partial charge in [-0.25, -0.2) is 4.79 Å². The van der Waals surface area contributed by atoms with Gasteiger partial charge in [0.2, 0.25) is 0 Å². The van der Waals surface area contributed by atoms with Gasteiger partial charge in [0.05, 0.1) is 5.60 Å². The van der Waals surface area contributed by atoms with E-state index >= 15 is 0 Å². The number of hydrogen-bond acceptors (Lipinski definition) is 2. The Labute approximate surface area is 100 Å². The first kappa shape index (κ1) is 11.9. The molecule has 0 aliphatic carbocycles. The summed E-state index contributed by atoms with van der Waals surface area (Å²) in [5.74, 6) is 0. The standard InChI is InChI=1S/C13H17NO3/c15-12(16)14-8-6-13(17,7-9-14)10-11-4-2-1-3-5-11/h1-5,17H,6-10H2,(H,15,16). The predicted molar refractivity (Wildman–Crippen MR) is 63.9 cm³/mol. The first-order valence-corrected chi connectivity index (χ1v) is 5.83. The minimum Gasteiger partial charge on any atom is -0.465 e. The Bertz CT molecular complexity index is 383. The zero-order valence-corrected chi connectivity index (χ0v) is 9.67. The molecule has 0 radical (unpaired) electrons. The van der Waals surface area contributed by atoms with Crippen LogP contribution in [0.25, 0.3) is 0 Å². The molecule has 0 atom stereocenters. The molecule has 1 aromatic rings. The maximum absolute atomic E-state index is 10.8. The summed E-state index contributed by atoms with van der Waals surface area (Å²) in [6.07, 6.45) is 0.718. The van der Waals surface area contributed by atoms with E-state index in [1.165, 1.54) is 4.90 Å². The number of rotatable bonds is 2. The molecule has 2 rings (SSSR count). The van der Waals surface area contributed by atoms with Gasteiger partial charge in [0, 0.05) is 19.5 Å². The Morgan fingerprint density at radius 3 is 2.35 bits per heavy atom. The summed E-state index contributed by atoms with van der Waals surface area (Å²) in [5.41, 5.74) is 0.339. The van der Waals surface area contributed by atoms with Crippen LogP contribution in [0.1, 0.15) is 18.4 Å². The van der Waals surface area contributed by atoms with E-state index in [1.807, 2.05) is 30.3 Å². The molecule has 1 aliphatic heterocycles. The van der Waals surface area contributed by atoms with Crippen molar-refractivity contribution < 1.29 is 15.0 Å². The van der Waals surface area contributed by atoms with Gasteiger partial charge in [-0.3, -0.25) is 0 Å². The van der Waals surface area contributed by atoms with Crippen LogP contribution in [0.2, 0.25) is 0 Å². The zero-order chi connectivity index (χ0) is 12.3. The molecule has 4 nitrogen and oxygen atoms in total. The number of carboxylic acid groups (broad SMARTS) is 1. The zero-order valence-electron chi connectivity index (χ0n) is 9.67. The van der Waals surface area contributed by atoms with Gasteiger partial charge < -0.3 is 15.1 Å². The fourth-order valence-electron chi connectivity index (χ4n) is 2.27. The fourth-order valence-corrected chi connectivity index (χ4v) is 2.27. The van der Waals surface area contributed by atoms with Gasteiger partial charge in [-0.05, 0) is 18.4 Å². The topological polar surface area (TPSA) is 60.8 Å². The second-order valence-electron chi connectivity index (χ2n) is 4.66. The Hall–Kier alpha value is -1.55. The van der Waals surface area contributed by atoms with Crippen molar-refractivity contribution in [2.24, 2.45) is 0 Å². The molecule has 1 heterocycles. The number of amides is 1. The Kier molecular flexibility index (Phi) is 3.33. The Morgan fingerprint density at radius 1 is 1.24 bits per heavy atom. The van der Waals surface area contributed by atoms with Crippen LogP contribution in [-0.2, 0) is 6.42 Å². The molecular weight excluding hydrogens is 218 g/mol. The number of aliphatic hydroxyl groups is 1. The van der Waals surface area contributed by atoms with E-state index in [1.54, 1.807) is 0 Å². The number of likely N-dealkylation sites (tertiary alicyclic amines) is 1. The summed E-state index contributed by atoms with van der Waals surface area (Å²) in [4.78, 5) is 12.1. The minimum atomic E-state index is -0.897. The molecule has 0 bridgehead atoms. The monoisotopic (exact) mass is 235 g/mol. The normalized spacial score (nSPS) is 19.0. The highest BCUT2D eigenvalue weighted by Crippen LogP contribution is 2.26. The van der Waals surface area contributed by atoms with Gasteiger partial charge in [-0.2, -0.15) is 0 Å². The molecule has 4 heteroatoms. The third-order valence-corrected chi connectivity index (χ3v) is 3.34. The van der Waals surface area contributed by atoms with E-state index in [0.717, 1.165) is 5.56 Å². The van der Waals surface area contributed by atoms with Gasteiger partial charge in [0.25, 0.3) is 0 Å². The molecule has 1 aromatic carbocycles. The molecule has 1 amide bonds. The summed E-state index contributed by atoms with van der Waals surface area (Å²) < 4.78 is 0. The van der Waals surface area contributed by atoms with Crippen molar-refractivity contribution in [2.45, 2.75) is 24.9 Å². The van der Waals surface area contributed by atoms with Crippen LogP contribution in [0.3, 0.4) is 0 Å². The largest absolute Gasteiger partial charge is 0.465 e. The Balaban J connectivity index is 1.96. The molecule has 1 aliphatic rings. The van der Waals surface area contributed by atoms with Crippen molar-refractivity contribution in [3.05, 3.63) is 35.9 Å². The first-order valence-electron chi connectivity index (χ1n) is 5.83. The van der Waals surface area contributed by atoms with Gasteiger partial charge >= 0.3 is 6.09 Å². The second kappa shape index (κ2) is 4.75. The lowest BCUT2D eigenvalue weighted by atomic mass is 9.85. The van der Waals surface area contributed by atoms with Crippen molar-refractivity contribution in [1.29, 1.82) is 0 Å². The van der Waals surface area contributed by atoms with Crippen molar-refractivity contribution in [2.75, 3.05) is 13.1 Å². The smallest absolute Gasteiger partial charge is 0.407 e. The lowest BCUT2D eigenvalue weighted by Gasteiger charge is -2.37. The average Bonchev–Trinajstić information content (AvgIpc) is 2.30. The molecule has 0 saturated carbocycles. The quantitative estimate of drug-likeness (QED) is 0.820. The average molecular weight is 235 g/mol. The molecule has 1 saturated heterocycles. The summed E-state index contributed by atoms with van der Waals surface area (Å²) in [5, 5.41) is 19.2. The van der Waals surface area contributed by atoms with Gasteiger partial charge in [0.15, 0.2) is 0 Å². The van der Waals surface area contributed by atoms with Gasteiger partial charge in [-0.15, -0.1) is 0 Å². The molecule has 2 N–H and O–H groups in total. The van der Waals surface area contributed by atoms with E-state index in [4.69, 9.17) is 5.11 Å². The van der Waals surface area contributed by atoms with Gasteiger partial charge in [0.1, 0.15) is 0 Å². The van der Waals surface area contributed by atoms with Crippen LogP contribution in [-0.4, -0.2) is 39.9 Å². The van der Waals surface area contributed by atoms with Gasteiger partial charge in [-0.1, -0.05) is 30.3 Å². The van der Waals surface area contributed by atoms with E-state index < -0.39 is 11.7 Å². The van der Waals surface area contributed by atoms with Crippen molar-refractivity contribution >= 4 is 6.09 Å². The molecule has 1 fully saturated rings. The molecule has 0 unspecified atom stereocenters. The Morgan fingerprint density at radius 2 is 1.82 bits per heavy atom. The highest BCUT2D eigenvalue weighted by atomic mass is 16.4. The number of hydrogen-bond donors (Lipinski definition) is 2. The molecular formula is C13H17NO3. The molecule has 0 spiro atoms. The number of nitrogens with zero attached hydrogens (tertiary/aromatic N) is 1. The van der Waals surface area contributed by atoms with E-state index in [-0.39, 0.29) is 0 Å². The lowest BCUT2D eigenvalue weighted by Crippen LogP contribution is -2.47. The number of piperidine rings is 1. The van der Waals surface area contributed by atoms with E-state index in [2.05, 4.69) is 0 Å². The maximum atomic E-state index is 10.8. The fraction of sp³-hybridized carbons (Fsp3) is 0.462. The second-order valence-corrected chi connectivity index (χ2v) is 4.66.